The van der Waals surface area contributed by atoms with E-state index in [9.17, 15) is 4.79 Å². The largest absolute Gasteiger partial charge is 0.497 e. The quantitative estimate of drug-likeness (QED) is 0.559. The van der Waals surface area contributed by atoms with E-state index in [-0.39, 0.29) is 5.91 Å². The summed E-state index contributed by atoms with van der Waals surface area (Å²) in [5.74, 6) is 0.812. The minimum atomic E-state index is -0.0255. The molecule has 1 heterocycles. The van der Waals surface area contributed by atoms with Gasteiger partial charge >= 0.3 is 0 Å². The number of hydrogen-bond donors (Lipinski definition) is 1. The molecule has 4 rings (SSSR count). The standard InChI is InChI=1S/C23H21N3O2/c1-28-22-10-9-19-11-17(7-8-20(19)13-22)14-24-23(27)12-18-15-25-26(16-18)21-5-3-2-4-6-21/h2-11,13,15-16H,12,14H2,1H3,(H,24,27). The Morgan fingerprint density at radius 3 is 2.61 bits per heavy atom. The normalized spacial score (nSPS) is 10.8. The van der Waals surface area contributed by atoms with Crippen molar-refractivity contribution in [3.05, 3.63) is 90.3 Å². The summed E-state index contributed by atoms with van der Waals surface area (Å²) in [6.07, 6.45) is 3.92. The van der Waals surface area contributed by atoms with Gasteiger partial charge in [0, 0.05) is 12.7 Å². The van der Waals surface area contributed by atoms with Crippen LogP contribution >= 0.6 is 0 Å². The molecule has 0 spiro atoms. The van der Waals surface area contributed by atoms with Crippen LogP contribution in [0, 0.1) is 0 Å². The van der Waals surface area contributed by atoms with Crippen molar-refractivity contribution in [2.24, 2.45) is 0 Å². The molecular weight excluding hydrogens is 350 g/mol. The Kier molecular flexibility index (Phi) is 5.06. The molecule has 5 nitrogen and oxygen atoms in total. The number of carbonyl (C=O) groups is 1. The van der Waals surface area contributed by atoms with Gasteiger partial charge in [-0.15, -0.1) is 0 Å². The molecule has 0 atom stereocenters. The molecule has 0 saturated carbocycles. The van der Waals surface area contributed by atoms with E-state index in [1.807, 2.05) is 66.9 Å². The first-order valence-corrected chi connectivity index (χ1v) is 9.13. The maximum Gasteiger partial charge on any atom is 0.224 e. The van der Waals surface area contributed by atoms with Gasteiger partial charge in [0.05, 0.1) is 25.4 Å². The monoisotopic (exact) mass is 371 g/mol. The first-order chi connectivity index (χ1) is 13.7. The van der Waals surface area contributed by atoms with Crippen molar-refractivity contribution in [2.75, 3.05) is 7.11 Å². The maximum absolute atomic E-state index is 12.3. The fourth-order valence-corrected chi connectivity index (χ4v) is 3.13. The summed E-state index contributed by atoms with van der Waals surface area (Å²) >= 11 is 0. The van der Waals surface area contributed by atoms with Crippen molar-refractivity contribution in [3.8, 4) is 11.4 Å². The van der Waals surface area contributed by atoms with Gasteiger partial charge in [0.25, 0.3) is 0 Å². The van der Waals surface area contributed by atoms with Gasteiger partial charge in [-0.05, 0) is 52.2 Å². The third kappa shape index (κ3) is 4.04. The second-order valence-corrected chi connectivity index (χ2v) is 6.63. The number of ether oxygens (including phenoxy) is 1. The van der Waals surface area contributed by atoms with Gasteiger partial charge in [0.1, 0.15) is 5.75 Å². The molecule has 1 amide bonds. The summed E-state index contributed by atoms with van der Waals surface area (Å²) < 4.78 is 7.03. The van der Waals surface area contributed by atoms with Crippen molar-refractivity contribution in [3.63, 3.8) is 0 Å². The van der Waals surface area contributed by atoms with Crippen molar-refractivity contribution >= 4 is 16.7 Å². The molecule has 3 aromatic carbocycles. The molecular formula is C23H21N3O2. The van der Waals surface area contributed by atoms with E-state index in [0.29, 0.717) is 13.0 Å². The maximum atomic E-state index is 12.3. The van der Waals surface area contributed by atoms with Gasteiger partial charge in [-0.3, -0.25) is 4.79 Å². The third-order valence-corrected chi connectivity index (χ3v) is 4.62. The summed E-state index contributed by atoms with van der Waals surface area (Å²) in [5.41, 5.74) is 2.92. The lowest BCUT2D eigenvalue weighted by molar-refractivity contribution is -0.120. The zero-order valence-corrected chi connectivity index (χ0v) is 15.6. The van der Waals surface area contributed by atoms with Gasteiger partial charge in [-0.25, -0.2) is 4.68 Å². The number of rotatable bonds is 6. The minimum absolute atomic E-state index is 0.0255. The van der Waals surface area contributed by atoms with Crippen LogP contribution in [0.1, 0.15) is 11.1 Å². The molecule has 1 N–H and O–H groups in total. The Labute approximate surface area is 163 Å². The van der Waals surface area contributed by atoms with Crippen molar-refractivity contribution < 1.29 is 9.53 Å². The number of hydrogen-bond acceptors (Lipinski definition) is 3. The summed E-state index contributed by atoms with van der Waals surface area (Å²) in [6.45, 7) is 0.494. The molecule has 0 bridgehead atoms. The van der Waals surface area contributed by atoms with E-state index < -0.39 is 0 Å². The van der Waals surface area contributed by atoms with Crippen LogP contribution in [-0.2, 0) is 17.8 Å². The van der Waals surface area contributed by atoms with E-state index in [1.54, 1.807) is 18.0 Å². The molecule has 4 aromatic rings. The second-order valence-electron chi connectivity index (χ2n) is 6.63. The number of methoxy groups -OCH3 is 1. The molecule has 0 unspecified atom stereocenters. The molecule has 0 saturated heterocycles. The first-order valence-electron chi connectivity index (χ1n) is 9.13. The lowest BCUT2D eigenvalue weighted by Gasteiger charge is -2.07. The van der Waals surface area contributed by atoms with Crippen LogP contribution in [0.15, 0.2) is 79.1 Å². The number of amides is 1. The smallest absolute Gasteiger partial charge is 0.224 e. The van der Waals surface area contributed by atoms with Gasteiger partial charge in [0.2, 0.25) is 5.91 Å². The average Bonchev–Trinajstić information content (AvgIpc) is 3.20. The second kappa shape index (κ2) is 7.96. The Balaban J connectivity index is 1.37. The fourth-order valence-electron chi connectivity index (χ4n) is 3.13. The van der Waals surface area contributed by atoms with Gasteiger partial charge in [-0.2, -0.15) is 5.10 Å². The van der Waals surface area contributed by atoms with Crippen LogP contribution in [-0.4, -0.2) is 22.8 Å². The highest BCUT2D eigenvalue weighted by Crippen LogP contribution is 2.21. The van der Waals surface area contributed by atoms with E-state index in [0.717, 1.165) is 33.3 Å². The lowest BCUT2D eigenvalue weighted by atomic mass is 10.1. The molecule has 140 valence electrons. The van der Waals surface area contributed by atoms with Crippen LogP contribution in [0.4, 0.5) is 0 Å². The molecule has 0 fully saturated rings. The molecule has 28 heavy (non-hydrogen) atoms. The first kappa shape index (κ1) is 17.8. The van der Waals surface area contributed by atoms with Crippen LogP contribution in [0.2, 0.25) is 0 Å². The van der Waals surface area contributed by atoms with Crippen LogP contribution < -0.4 is 10.1 Å². The Morgan fingerprint density at radius 1 is 1.00 bits per heavy atom. The van der Waals surface area contributed by atoms with E-state index in [2.05, 4.69) is 16.5 Å². The van der Waals surface area contributed by atoms with E-state index in [1.165, 1.54) is 0 Å². The third-order valence-electron chi connectivity index (χ3n) is 4.62. The highest BCUT2D eigenvalue weighted by atomic mass is 16.5. The highest BCUT2D eigenvalue weighted by molar-refractivity contribution is 5.84. The minimum Gasteiger partial charge on any atom is -0.497 e. The number of benzene rings is 3. The summed E-state index contributed by atoms with van der Waals surface area (Å²) in [7, 11) is 1.66. The number of fused-ring (bicyclic) bond motifs is 1. The number of para-hydroxylation sites is 1. The lowest BCUT2D eigenvalue weighted by Crippen LogP contribution is -2.24. The van der Waals surface area contributed by atoms with Crippen LogP contribution in [0.25, 0.3) is 16.5 Å². The summed E-state index contributed by atoms with van der Waals surface area (Å²) in [5, 5.41) is 9.55. The summed E-state index contributed by atoms with van der Waals surface area (Å²) in [4.78, 5) is 12.3. The van der Waals surface area contributed by atoms with E-state index in [4.69, 9.17) is 4.74 Å². The predicted molar refractivity (Wildman–Crippen MR) is 110 cm³/mol. The van der Waals surface area contributed by atoms with Crippen molar-refractivity contribution in [2.45, 2.75) is 13.0 Å². The van der Waals surface area contributed by atoms with Gasteiger partial charge in [-0.1, -0.05) is 36.4 Å². The molecule has 0 aliphatic rings. The zero-order chi connectivity index (χ0) is 19.3. The Morgan fingerprint density at radius 2 is 1.79 bits per heavy atom. The molecule has 1 aromatic heterocycles. The van der Waals surface area contributed by atoms with Crippen LogP contribution in [0.5, 0.6) is 5.75 Å². The topological polar surface area (TPSA) is 56.1 Å². The van der Waals surface area contributed by atoms with Crippen LogP contribution in [0.3, 0.4) is 0 Å². The number of aromatic nitrogens is 2. The number of carbonyl (C=O) groups excluding carboxylic acids is 1. The molecule has 5 heteroatoms. The van der Waals surface area contributed by atoms with Crippen molar-refractivity contribution in [1.29, 1.82) is 0 Å². The summed E-state index contributed by atoms with van der Waals surface area (Å²) in [6, 6.07) is 22.0. The number of nitrogens with one attached hydrogen (secondary N) is 1. The zero-order valence-electron chi connectivity index (χ0n) is 15.6. The van der Waals surface area contributed by atoms with Crippen molar-refractivity contribution in [1.82, 2.24) is 15.1 Å². The fraction of sp³-hybridized carbons (Fsp3) is 0.130. The highest BCUT2D eigenvalue weighted by Gasteiger charge is 2.07. The predicted octanol–water partition coefficient (Wildman–Crippen LogP) is 3.89. The number of nitrogens with zero attached hydrogens (tertiary/aromatic N) is 2. The average molecular weight is 371 g/mol. The Hall–Kier alpha value is -3.60. The van der Waals surface area contributed by atoms with Gasteiger partial charge in [0.15, 0.2) is 0 Å². The Bertz CT molecular complexity index is 1100. The molecule has 0 aliphatic carbocycles. The van der Waals surface area contributed by atoms with Gasteiger partial charge < -0.3 is 10.1 Å². The SMILES string of the molecule is COc1ccc2cc(CNC(=O)Cc3cnn(-c4ccccc4)c3)ccc2c1. The molecule has 0 radical (unpaired) electrons. The molecule has 0 aliphatic heterocycles. The van der Waals surface area contributed by atoms with E-state index >= 15 is 0 Å².